The fraction of sp³-hybridized carbons (Fsp3) is 0.400. The maximum atomic E-state index is 12.0. The molecule has 1 aromatic carbocycles. The number of halogens is 1. The molecule has 3 amide bonds. The molecule has 1 aromatic rings. The summed E-state index contributed by atoms with van der Waals surface area (Å²) in [6, 6.07) is 2.69. The van der Waals surface area contributed by atoms with Crippen molar-refractivity contribution in [3.8, 4) is 0 Å². The van der Waals surface area contributed by atoms with E-state index in [1.165, 1.54) is 19.2 Å². The van der Waals surface area contributed by atoms with Crippen LogP contribution in [0, 0.1) is 0 Å². The zero-order chi connectivity index (χ0) is 19.9. The normalized spacial score (nSPS) is 12.2. The van der Waals surface area contributed by atoms with E-state index in [-0.39, 0.29) is 21.5 Å². The second-order valence-corrected chi connectivity index (χ2v) is 7.52. The Hall–Kier alpha value is -2.17. The number of urea groups is 1. The number of hydrogen-bond donors (Lipinski definition) is 3. The molecule has 0 aromatic heterocycles. The predicted octanol–water partition coefficient (Wildman–Crippen LogP) is 1.03. The average Bonchev–Trinajstić information content (AvgIpc) is 2.59. The van der Waals surface area contributed by atoms with E-state index in [1.807, 2.05) is 12.2 Å². The van der Waals surface area contributed by atoms with Crippen molar-refractivity contribution in [2.45, 2.75) is 31.2 Å². The Morgan fingerprint density at radius 2 is 1.92 bits per heavy atom. The van der Waals surface area contributed by atoms with Crippen LogP contribution in [-0.2, 0) is 19.6 Å². The van der Waals surface area contributed by atoms with Crippen LogP contribution in [0.1, 0.15) is 30.6 Å². The van der Waals surface area contributed by atoms with Crippen LogP contribution in [0.5, 0.6) is 0 Å². The van der Waals surface area contributed by atoms with Gasteiger partial charge < -0.3 is 10.1 Å². The van der Waals surface area contributed by atoms with E-state index in [2.05, 4.69) is 10.0 Å². The molecular weight excluding hydrogens is 386 g/mol. The summed E-state index contributed by atoms with van der Waals surface area (Å²) >= 11 is 5.82. The fourth-order valence-corrected chi connectivity index (χ4v) is 2.93. The van der Waals surface area contributed by atoms with Gasteiger partial charge in [0.05, 0.1) is 10.6 Å². The number of hydrogen-bond acceptors (Lipinski definition) is 6. The first-order valence-electron chi connectivity index (χ1n) is 7.61. The smallest absolute Gasteiger partial charge is 0.338 e. The zero-order valence-electron chi connectivity index (χ0n) is 14.5. The molecule has 11 heteroatoms. The largest absolute Gasteiger partial charge is 0.452 e. The molecule has 1 rings (SSSR count). The van der Waals surface area contributed by atoms with Crippen LogP contribution in [0.2, 0.25) is 5.02 Å². The molecule has 0 spiro atoms. The summed E-state index contributed by atoms with van der Waals surface area (Å²) in [6.45, 7) is 2.92. The second kappa shape index (κ2) is 9.51. The van der Waals surface area contributed by atoms with Gasteiger partial charge in [0.1, 0.15) is 4.90 Å². The summed E-state index contributed by atoms with van der Waals surface area (Å²) in [4.78, 5) is 34.8. The number of nitrogens with one attached hydrogen (secondary N) is 3. The topological polar surface area (TPSA) is 131 Å². The molecule has 0 saturated heterocycles. The summed E-state index contributed by atoms with van der Waals surface area (Å²) < 4.78 is 30.5. The molecule has 0 aliphatic carbocycles. The lowest BCUT2D eigenvalue weighted by molar-refractivity contribution is -0.123. The maximum Gasteiger partial charge on any atom is 0.338 e. The van der Waals surface area contributed by atoms with E-state index in [4.69, 9.17) is 16.3 Å². The van der Waals surface area contributed by atoms with Gasteiger partial charge in [-0.2, -0.15) is 0 Å². The Bertz CT molecular complexity index is 797. The first-order valence-corrected chi connectivity index (χ1v) is 9.47. The van der Waals surface area contributed by atoms with Crippen molar-refractivity contribution in [3.63, 3.8) is 0 Å². The third kappa shape index (κ3) is 6.28. The van der Waals surface area contributed by atoms with Crippen molar-refractivity contribution < 1.29 is 27.5 Å². The third-order valence-corrected chi connectivity index (χ3v) is 5.20. The Balaban J connectivity index is 2.70. The monoisotopic (exact) mass is 405 g/mol. The summed E-state index contributed by atoms with van der Waals surface area (Å²) in [5.74, 6) is -1.76. The van der Waals surface area contributed by atoms with Gasteiger partial charge in [-0.3, -0.25) is 10.1 Å². The van der Waals surface area contributed by atoms with Crippen LogP contribution in [0.15, 0.2) is 23.1 Å². The van der Waals surface area contributed by atoms with Gasteiger partial charge in [0.2, 0.25) is 10.0 Å². The standard InChI is InChI=1S/C15H20ClN3O6S/c1-4-9(2)18-15(22)19-13(20)8-25-14(21)10-5-6-11(16)12(7-10)26(23,24)17-3/h5-7,9,17H,4,8H2,1-3H3,(H2,18,19,20,22)/t9-/m1/s1. The molecular formula is C15H20ClN3O6S. The number of esters is 1. The van der Waals surface area contributed by atoms with Gasteiger partial charge in [0.15, 0.2) is 6.61 Å². The first-order chi connectivity index (χ1) is 12.1. The minimum Gasteiger partial charge on any atom is -0.452 e. The number of imide groups is 1. The second-order valence-electron chi connectivity index (χ2n) is 5.26. The van der Waals surface area contributed by atoms with Crippen LogP contribution in [0.25, 0.3) is 0 Å². The molecule has 9 nitrogen and oxygen atoms in total. The number of sulfonamides is 1. The van der Waals surface area contributed by atoms with Crippen molar-refractivity contribution >= 4 is 39.5 Å². The van der Waals surface area contributed by atoms with Gasteiger partial charge in [-0.15, -0.1) is 0 Å². The molecule has 0 radical (unpaired) electrons. The lowest BCUT2D eigenvalue weighted by Crippen LogP contribution is -2.44. The Kier molecular flexibility index (Phi) is 8.00. The average molecular weight is 406 g/mol. The van der Waals surface area contributed by atoms with Crippen LogP contribution < -0.4 is 15.4 Å². The molecule has 0 fully saturated rings. The van der Waals surface area contributed by atoms with Gasteiger partial charge in [-0.25, -0.2) is 22.7 Å². The van der Waals surface area contributed by atoms with Crippen molar-refractivity contribution in [1.29, 1.82) is 0 Å². The predicted molar refractivity (Wildman–Crippen MR) is 94.4 cm³/mol. The Labute approximate surface area is 156 Å². The highest BCUT2D eigenvalue weighted by atomic mass is 35.5. The highest BCUT2D eigenvalue weighted by molar-refractivity contribution is 7.89. The van der Waals surface area contributed by atoms with E-state index in [0.717, 1.165) is 6.07 Å². The van der Waals surface area contributed by atoms with Gasteiger partial charge >= 0.3 is 12.0 Å². The zero-order valence-corrected chi connectivity index (χ0v) is 16.0. The SMILES string of the molecule is CC[C@@H](C)NC(=O)NC(=O)COC(=O)c1ccc(Cl)c(S(=O)(=O)NC)c1. The van der Waals surface area contributed by atoms with Gasteiger partial charge in [-0.05, 0) is 38.6 Å². The van der Waals surface area contributed by atoms with Crippen molar-refractivity contribution in [1.82, 2.24) is 15.4 Å². The molecule has 0 aliphatic rings. The molecule has 0 aliphatic heterocycles. The van der Waals surface area contributed by atoms with E-state index in [0.29, 0.717) is 6.42 Å². The van der Waals surface area contributed by atoms with Crippen molar-refractivity contribution in [2.75, 3.05) is 13.7 Å². The van der Waals surface area contributed by atoms with Gasteiger partial charge in [0, 0.05) is 6.04 Å². The summed E-state index contributed by atoms with van der Waals surface area (Å²) in [6.07, 6.45) is 0.686. The maximum absolute atomic E-state index is 12.0. The number of benzene rings is 1. The summed E-state index contributed by atoms with van der Waals surface area (Å²) in [5.41, 5.74) is -0.111. The molecule has 0 bridgehead atoms. The molecule has 0 heterocycles. The lowest BCUT2D eigenvalue weighted by Gasteiger charge is -2.12. The molecule has 0 unspecified atom stereocenters. The van der Waals surface area contributed by atoms with Crippen LogP contribution >= 0.6 is 11.6 Å². The molecule has 26 heavy (non-hydrogen) atoms. The first kappa shape index (κ1) is 21.9. The molecule has 1 atom stereocenters. The minimum absolute atomic E-state index is 0.0737. The van der Waals surface area contributed by atoms with Crippen molar-refractivity contribution in [3.05, 3.63) is 28.8 Å². The van der Waals surface area contributed by atoms with Gasteiger partial charge in [-0.1, -0.05) is 18.5 Å². The fourth-order valence-electron chi connectivity index (χ4n) is 1.69. The molecule has 144 valence electrons. The Morgan fingerprint density at radius 3 is 2.50 bits per heavy atom. The highest BCUT2D eigenvalue weighted by Gasteiger charge is 2.20. The number of carbonyl (C=O) groups excluding carboxylic acids is 3. The van der Waals surface area contributed by atoms with Crippen molar-refractivity contribution in [2.24, 2.45) is 0 Å². The molecule has 3 N–H and O–H groups in total. The minimum atomic E-state index is -3.87. The summed E-state index contributed by atoms with van der Waals surface area (Å²) in [5, 5.41) is 4.46. The van der Waals surface area contributed by atoms with E-state index in [1.54, 1.807) is 6.92 Å². The summed E-state index contributed by atoms with van der Waals surface area (Å²) in [7, 11) is -2.67. The van der Waals surface area contributed by atoms with Crippen LogP contribution in [-0.4, -0.2) is 46.0 Å². The lowest BCUT2D eigenvalue weighted by atomic mass is 10.2. The van der Waals surface area contributed by atoms with E-state index < -0.39 is 34.5 Å². The third-order valence-electron chi connectivity index (χ3n) is 3.30. The number of carbonyl (C=O) groups is 3. The van der Waals surface area contributed by atoms with E-state index >= 15 is 0 Å². The highest BCUT2D eigenvalue weighted by Crippen LogP contribution is 2.22. The number of amides is 3. The number of rotatable bonds is 7. The van der Waals surface area contributed by atoms with Gasteiger partial charge in [0.25, 0.3) is 5.91 Å². The quantitative estimate of drug-likeness (QED) is 0.580. The molecule has 0 saturated carbocycles. The number of ether oxygens (including phenoxy) is 1. The Morgan fingerprint density at radius 1 is 1.27 bits per heavy atom. The van der Waals surface area contributed by atoms with E-state index in [9.17, 15) is 22.8 Å². The van der Waals surface area contributed by atoms with Crippen LogP contribution in [0.3, 0.4) is 0 Å². The van der Waals surface area contributed by atoms with Crippen LogP contribution in [0.4, 0.5) is 4.79 Å².